The third-order valence-corrected chi connectivity index (χ3v) is 3.07. The van der Waals surface area contributed by atoms with Crippen LogP contribution in [0.3, 0.4) is 0 Å². The van der Waals surface area contributed by atoms with Gasteiger partial charge in [-0.1, -0.05) is 0 Å². The van der Waals surface area contributed by atoms with Gasteiger partial charge in [0.2, 0.25) is 0 Å². The monoisotopic (exact) mass is 181 g/mol. The summed E-state index contributed by atoms with van der Waals surface area (Å²) in [5.74, 6) is 0.0920. The normalized spacial score (nSPS) is 25.2. The first-order chi connectivity index (χ1) is 6.18. The predicted octanol–water partition coefficient (Wildman–Crippen LogP) is 2.66. The molecule has 1 aliphatic carbocycles. The van der Waals surface area contributed by atoms with E-state index in [9.17, 15) is 4.39 Å². The summed E-state index contributed by atoms with van der Waals surface area (Å²) in [5.41, 5.74) is 3.29. The number of likely N-dealkylation sites (N-methyl/N-ethyl adjacent to an activating group) is 1. The fourth-order valence-corrected chi connectivity index (χ4v) is 2.18. The SMILES string of the molecule is CC1=C(F)C2=C(CC1)CN(C)CC2. The van der Waals surface area contributed by atoms with Crippen LogP contribution < -0.4 is 0 Å². The summed E-state index contributed by atoms with van der Waals surface area (Å²) >= 11 is 0. The van der Waals surface area contributed by atoms with E-state index in [-0.39, 0.29) is 5.83 Å². The van der Waals surface area contributed by atoms with Crippen LogP contribution in [0.1, 0.15) is 26.2 Å². The van der Waals surface area contributed by atoms with Gasteiger partial charge in [-0.3, -0.25) is 0 Å². The summed E-state index contributed by atoms with van der Waals surface area (Å²) in [6.45, 7) is 3.88. The van der Waals surface area contributed by atoms with Crippen LogP contribution in [0.4, 0.5) is 4.39 Å². The number of halogens is 1. The zero-order chi connectivity index (χ0) is 9.42. The van der Waals surface area contributed by atoms with E-state index in [1.165, 1.54) is 5.57 Å². The van der Waals surface area contributed by atoms with E-state index in [1.54, 1.807) is 0 Å². The van der Waals surface area contributed by atoms with Crippen molar-refractivity contribution in [3.63, 3.8) is 0 Å². The van der Waals surface area contributed by atoms with E-state index in [4.69, 9.17) is 0 Å². The average Bonchev–Trinajstić information content (AvgIpc) is 2.12. The van der Waals surface area contributed by atoms with Crippen molar-refractivity contribution in [1.82, 2.24) is 4.90 Å². The topological polar surface area (TPSA) is 3.24 Å². The minimum atomic E-state index is 0.0920. The number of nitrogens with zero attached hydrogens (tertiary/aromatic N) is 1. The Hall–Kier alpha value is -0.630. The molecule has 0 amide bonds. The summed E-state index contributed by atoms with van der Waals surface area (Å²) in [7, 11) is 2.10. The van der Waals surface area contributed by atoms with Gasteiger partial charge in [0.15, 0.2) is 0 Å². The lowest BCUT2D eigenvalue weighted by atomic mass is 9.88. The molecule has 0 radical (unpaired) electrons. The molecule has 0 unspecified atom stereocenters. The van der Waals surface area contributed by atoms with E-state index in [0.29, 0.717) is 0 Å². The van der Waals surface area contributed by atoms with Crippen LogP contribution in [0.15, 0.2) is 22.5 Å². The molecule has 0 atom stereocenters. The Morgan fingerprint density at radius 1 is 1.23 bits per heavy atom. The second-order valence-corrected chi connectivity index (χ2v) is 4.16. The minimum absolute atomic E-state index is 0.0920. The molecule has 0 aromatic carbocycles. The number of rotatable bonds is 0. The summed E-state index contributed by atoms with van der Waals surface area (Å²) in [4.78, 5) is 2.27. The highest BCUT2D eigenvalue weighted by atomic mass is 19.1. The lowest BCUT2D eigenvalue weighted by Crippen LogP contribution is -2.29. The standard InChI is InChI=1S/C11H16FN/c1-8-3-4-9-7-13(2)6-5-10(9)11(8)12/h3-7H2,1-2H3. The molecule has 0 N–H and O–H groups in total. The molecule has 1 nitrogen and oxygen atoms in total. The first kappa shape index (κ1) is 8.95. The molecule has 0 bridgehead atoms. The Bertz CT molecular complexity index is 288. The Morgan fingerprint density at radius 2 is 2.00 bits per heavy atom. The Balaban J connectivity index is 2.31. The highest BCUT2D eigenvalue weighted by Gasteiger charge is 2.23. The van der Waals surface area contributed by atoms with Gasteiger partial charge in [-0.2, -0.15) is 0 Å². The van der Waals surface area contributed by atoms with Crippen molar-refractivity contribution in [2.45, 2.75) is 26.2 Å². The largest absolute Gasteiger partial charge is 0.302 e. The van der Waals surface area contributed by atoms with E-state index in [0.717, 1.165) is 43.5 Å². The molecule has 0 saturated carbocycles. The average molecular weight is 181 g/mol. The van der Waals surface area contributed by atoms with Crippen LogP contribution in [0.2, 0.25) is 0 Å². The summed E-state index contributed by atoms with van der Waals surface area (Å²) < 4.78 is 13.6. The zero-order valence-corrected chi connectivity index (χ0v) is 8.36. The van der Waals surface area contributed by atoms with Gasteiger partial charge in [0, 0.05) is 13.1 Å². The first-order valence-electron chi connectivity index (χ1n) is 4.93. The third-order valence-electron chi connectivity index (χ3n) is 3.07. The molecule has 2 heteroatoms. The smallest absolute Gasteiger partial charge is 0.125 e. The maximum absolute atomic E-state index is 13.6. The lowest BCUT2D eigenvalue weighted by molar-refractivity contribution is 0.337. The maximum Gasteiger partial charge on any atom is 0.125 e. The number of allylic oxidation sites excluding steroid dienone is 2. The predicted molar refractivity (Wildman–Crippen MR) is 52.2 cm³/mol. The molecule has 0 spiro atoms. The van der Waals surface area contributed by atoms with Crippen LogP contribution >= 0.6 is 0 Å². The Kier molecular flexibility index (Phi) is 2.24. The molecule has 0 fully saturated rings. The fourth-order valence-electron chi connectivity index (χ4n) is 2.18. The second kappa shape index (κ2) is 3.26. The number of hydrogen-bond donors (Lipinski definition) is 0. The van der Waals surface area contributed by atoms with Crippen molar-refractivity contribution in [2.75, 3.05) is 20.1 Å². The van der Waals surface area contributed by atoms with Gasteiger partial charge in [-0.15, -0.1) is 0 Å². The molecule has 0 aromatic rings. The van der Waals surface area contributed by atoms with Gasteiger partial charge < -0.3 is 4.90 Å². The van der Waals surface area contributed by atoms with Crippen molar-refractivity contribution in [2.24, 2.45) is 0 Å². The quantitative estimate of drug-likeness (QED) is 0.555. The van der Waals surface area contributed by atoms with Crippen molar-refractivity contribution in [3.8, 4) is 0 Å². The Morgan fingerprint density at radius 3 is 2.77 bits per heavy atom. The zero-order valence-electron chi connectivity index (χ0n) is 8.36. The van der Waals surface area contributed by atoms with E-state index < -0.39 is 0 Å². The molecular weight excluding hydrogens is 165 g/mol. The molecule has 1 heterocycles. The van der Waals surface area contributed by atoms with Gasteiger partial charge in [-0.05, 0) is 50.0 Å². The van der Waals surface area contributed by atoms with Crippen LogP contribution in [-0.2, 0) is 0 Å². The van der Waals surface area contributed by atoms with Crippen LogP contribution in [0.5, 0.6) is 0 Å². The first-order valence-corrected chi connectivity index (χ1v) is 4.93. The highest BCUT2D eigenvalue weighted by molar-refractivity contribution is 5.39. The van der Waals surface area contributed by atoms with Crippen molar-refractivity contribution in [1.29, 1.82) is 0 Å². The van der Waals surface area contributed by atoms with Crippen LogP contribution in [-0.4, -0.2) is 25.0 Å². The lowest BCUT2D eigenvalue weighted by Gasteiger charge is -2.30. The van der Waals surface area contributed by atoms with Crippen molar-refractivity contribution in [3.05, 3.63) is 22.5 Å². The molecule has 2 rings (SSSR count). The van der Waals surface area contributed by atoms with Crippen LogP contribution in [0.25, 0.3) is 0 Å². The minimum Gasteiger partial charge on any atom is -0.302 e. The van der Waals surface area contributed by atoms with E-state index >= 15 is 0 Å². The maximum atomic E-state index is 13.6. The fraction of sp³-hybridized carbons (Fsp3) is 0.636. The van der Waals surface area contributed by atoms with E-state index in [2.05, 4.69) is 11.9 Å². The van der Waals surface area contributed by atoms with Crippen molar-refractivity contribution >= 4 is 0 Å². The molecule has 0 aromatic heterocycles. The van der Waals surface area contributed by atoms with Gasteiger partial charge in [0.05, 0.1) is 0 Å². The highest BCUT2D eigenvalue weighted by Crippen LogP contribution is 2.35. The molecule has 13 heavy (non-hydrogen) atoms. The summed E-state index contributed by atoms with van der Waals surface area (Å²) in [6.07, 6.45) is 2.88. The molecule has 72 valence electrons. The number of hydrogen-bond acceptors (Lipinski definition) is 1. The van der Waals surface area contributed by atoms with Gasteiger partial charge >= 0.3 is 0 Å². The molecular formula is C11H16FN. The van der Waals surface area contributed by atoms with Gasteiger partial charge in [0.1, 0.15) is 5.83 Å². The van der Waals surface area contributed by atoms with Gasteiger partial charge in [0.25, 0.3) is 0 Å². The second-order valence-electron chi connectivity index (χ2n) is 4.16. The van der Waals surface area contributed by atoms with E-state index in [1.807, 2.05) is 6.92 Å². The summed E-state index contributed by atoms with van der Waals surface area (Å²) in [5, 5.41) is 0. The summed E-state index contributed by atoms with van der Waals surface area (Å²) in [6, 6.07) is 0. The van der Waals surface area contributed by atoms with Crippen molar-refractivity contribution < 1.29 is 4.39 Å². The Labute approximate surface area is 78.9 Å². The van der Waals surface area contributed by atoms with Crippen LogP contribution in [0, 0.1) is 0 Å². The third kappa shape index (κ3) is 1.55. The molecule has 1 aliphatic heterocycles. The van der Waals surface area contributed by atoms with Gasteiger partial charge in [-0.25, -0.2) is 4.39 Å². The molecule has 0 saturated heterocycles. The molecule has 2 aliphatic rings.